The number of fused-ring (bicyclic) bond motifs is 9. The van der Waals surface area contributed by atoms with Gasteiger partial charge in [-0.3, -0.25) is 0 Å². The molecular formula is C54H33N3O. The first-order valence-corrected chi connectivity index (χ1v) is 19.9. The van der Waals surface area contributed by atoms with Crippen LogP contribution in [0.15, 0.2) is 197 Å². The van der Waals surface area contributed by atoms with Crippen LogP contribution < -0.4 is 5.32 Å². The van der Waals surface area contributed by atoms with Gasteiger partial charge in [-0.2, -0.15) is 0 Å². The van der Waals surface area contributed by atoms with E-state index in [0.717, 1.165) is 61.5 Å². The first-order chi connectivity index (χ1) is 28.7. The molecule has 1 atom stereocenters. The van der Waals surface area contributed by atoms with Crippen molar-refractivity contribution in [3.8, 4) is 16.8 Å². The van der Waals surface area contributed by atoms with E-state index in [-0.39, 0.29) is 6.04 Å². The fourth-order valence-electron chi connectivity index (χ4n) is 9.77. The van der Waals surface area contributed by atoms with Gasteiger partial charge in [-0.25, -0.2) is 4.99 Å². The lowest BCUT2D eigenvalue weighted by Crippen LogP contribution is -2.32. The molecule has 0 amide bonds. The number of amidine groups is 1. The third kappa shape index (κ3) is 4.48. The Hall–Kier alpha value is -7.69. The van der Waals surface area contributed by atoms with Crippen molar-refractivity contribution in [1.82, 2.24) is 9.88 Å². The van der Waals surface area contributed by atoms with E-state index in [1.807, 2.05) is 0 Å². The van der Waals surface area contributed by atoms with Gasteiger partial charge in [0.25, 0.3) is 0 Å². The molecule has 0 bridgehead atoms. The number of aromatic nitrogens is 1. The molecule has 0 saturated heterocycles. The summed E-state index contributed by atoms with van der Waals surface area (Å²) in [5, 5.41) is 15.9. The predicted molar refractivity (Wildman–Crippen MR) is 241 cm³/mol. The van der Waals surface area contributed by atoms with Crippen molar-refractivity contribution >= 4 is 87.6 Å². The minimum Gasteiger partial charge on any atom is -0.456 e. The molecule has 12 aromatic rings. The first kappa shape index (κ1) is 31.5. The highest BCUT2D eigenvalue weighted by molar-refractivity contribution is 6.33. The normalized spacial score (nSPS) is 14.3. The summed E-state index contributed by atoms with van der Waals surface area (Å²) in [5.74, 6) is 0.871. The van der Waals surface area contributed by atoms with E-state index in [1.54, 1.807) is 0 Å². The SMILES string of the molecule is c1ccc(C2NC(c3cccc(-c4ccc5c(c4)c4ccccc4n5-c4cc5oc6cccc7c8ccccc8c(c4)c5c67)c3)=Nc3c2ccc2ccccc32)cc1. The molecule has 3 heterocycles. The first-order valence-electron chi connectivity index (χ1n) is 19.9. The van der Waals surface area contributed by atoms with Gasteiger partial charge in [0, 0.05) is 44.1 Å². The molecular weight excluding hydrogens is 707 g/mol. The van der Waals surface area contributed by atoms with Crippen LogP contribution in [-0.4, -0.2) is 10.4 Å². The molecule has 4 heteroatoms. The zero-order valence-corrected chi connectivity index (χ0v) is 31.3. The summed E-state index contributed by atoms with van der Waals surface area (Å²) in [6.45, 7) is 0. The van der Waals surface area contributed by atoms with Crippen molar-refractivity contribution in [2.75, 3.05) is 0 Å². The maximum absolute atomic E-state index is 6.63. The number of para-hydroxylation sites is 1. The van der Waals surface area contributed by atoms with Crippen LogP contribution in [0.1, 0.15) is 22.7 Å². The second-order valence-corrected chi connectivity index (χ2v) is 15.5. The zero-order chi connectivity index (χ0) is 37.9. The molecule has 270 valence electrons. The second-order valence-electron chi connectivity index (χ2n) is 15.5. The lowest BCUT2D eigenvalue weighted by atomic mass is 9.92. The van der Waals surface area contributed by atoms with E-state index in [0.29, 0.717) is 0 Å². The summed E-state index contributed by atoms with van der Waals surface area (Å²) in [4.78, 5) is 5.34. The Morgan fingerprint density at radius 2 is 1.14 bits per heavy atom. The highest BCUT2D eigenvalue weighted by Gasteiger charge is 2.26. The van der Waals surface area contributed by atoms with Crippen molar-refractivity contribution in [3.63, 3.8) is 0 Å². The summed E-state index contributed by atoms with van der Waals surface area (Å²) in [6.07, 6.45) is 0. The number of nitrogens with zero attached hydrogens (tertiary/aromatic N) is 2. The van der Waals surface area contributed by atoms with E-state index in [4.69, 9.17) is 9.41 Å². The summed E-state index contributed by atoms with van der Waals surface area (Å²) in [7, 11) is 0. The molecule has 10 aromatic carbocycles. The molecule has 0 spiro atoms. The van der Waals surface area contributed by atoms with E-state index in [1.165, 1.54) is 59.6 Å². The molecule has 58 heavy (non-hydrogen) atoms. The fraction of sp³-hybridized carbons (Fsp3) is 0.0185. The van der Waals surface area contributed by atoms with Crippen molar-refractivity contribution in [1.29, 1.82) is 0 Å². The van der Waals surface area contributed by atoms with Gasteiger partial charge >= 0.3 is 0 Å². The quantitative estimate of drug-likeness (QED) is 0.183. The third-order valence-electron chi connectivity index (χ3n) is 12.4. The van der Waals surface area contributed by atoms with Crippen molar-refractivity contribution in [2.45, 2.75) is 6.04 Å². The number of furan rings is 1. The van der Waals surface area contributed by atoms with E-state index in [2.05, 4.69) is 198 Å². The van der Waals surface area contributed by atoms with Crippen LogP contribution in [-0.2, 0) is 0 Å². The van der Waals surface area contributed by atoms with Crippen LogP contribution >= 0.6 is 0 Å². The average molecular weight is 740 g/mol. The average Bonchev–Trinajstić information content (AvgIpc) is 3.84. The van der Waals surface area contributed by atoms with Crippen molar-refractivity contribution in [3.05, 3.63) is 205 Å². The van der Waals surface area contributed by atoms with Gasteiger partial charge in [-0.05, 0) is 80.0 Å². The van der Waals surface area contributed by atoms with Gasteiger partial charge in [0.15, 0.2) is 0 Å². The van der Waals surface area contributed by atoms with Crippen LogP contribution in [0.3, 0.4) is 0 Å². The Morgan fingerprint density at radius 3 is 2.03 bits per heavy atom. The Kier molecular flexibility index (Phi) is 6.47. The van der Waals surface area contributed by atoms with Crippen LogP contribution in [0.4, 0.5) is 5.69 Å². The maximum atomic E-state index is 6.63. The van der Waals surface area contributed by atoms with Gasteiger partial charge in [0.2, 0.25) is 0 Å². The van der Waals surface area contributed by atoms with Crippen molar-refractivity contribution in [2.24, 2.45) is 4.99 Å². The summed E-state index contributed by atoms with van der Waals surface area (Å²) in [6, 6.07) is 67.8. The molecule has 1 aliphatic rings. The molecule has 13 rings (SSSR count). The Morgan fingerprint density at radius 1 is 0.448 bits per heavy atom. The monoisotopic (exact) mass is 739 g/mol. The van der Waals surface area contributed by atoms with Crippen LogP contribution in [0.25, 0.3) is 92.9 Å². The highest BCUT2D eigenvalue weighted by atomic mass is 16.3. The number of benzene rings is 10. The summed E-state index contributed by atoms with van der Waals surface area (Å²) < 4.78 is 9.03. The molecule has 0 aliphatic carbocycles. The number of aliphatic imine (C=N–C) groups is 1. The molecule has 2 aromatic heterocycles. The minimum atomic E-state index is -0.0247. The minimum absolute atomic E-state index is 0.0247. The molecule has 0 saturated carbocycles. The van der Waals surface area contributed by atoms with Gasteiger partial charge in [-0.1, -0.05) is 146 Å². The number of nitrogens with one attached hydrogen (secondary N) is 1. The van der Waals surface area contributed by atoms with E-state index < -0.39 is 0 Å². The van der Waals surface area contributed by atoms with Crippen LogP contribution in [0.2, 0.25) is 0 Å². The topological polar surface area (TPSA) is 42.5 Å². The third-order valence-corrected chi connectivity index (χ3v) is 12.4. The van der Waals surface area contributed by atoms with E-state index in [9.17, 15) is 0 Å². The van der Waals surface area contributed by atoms with Crippen molar-refractivity contribution < 1.29 is 4.42 Å². The van der Waals surface area contributed by atoms with Gasteiger partial charge < -0.3 is 14.3 Å². The highest BCUT2D eigenvalue weighted by Crippen LogP contribution is 2.45. The lowest BCUT2D eigenvalue weighted by Gasteiger charge is -2.28. The number of hydrogen-bond acceptors (Lipinski definition) is 3. The molecule has 0 radical (unpaired) electrons. The maximum Gasteiger partial charge on any atom is 0.138 e. The Balaban J connectivity index is 0.970. The predicted octanol–water partition coefficient (Wildman–Crippen LogP) is 14.0. The zero-order valence-electron chi connectivity index (χ0n) is 31.3. The molecule has 1 N–H and O–H groups in total. The Bertz CT molecular complexity index is 3660. The summed E-state index contributed by atoms with van der Waals surface area (Å²) in [5.41, 5.74) is 12.0. The fourth-order valence-corrected chi connectivity index (χ4v) is 9.77. The van der Waals surface area contributed by atoms with Crippen LogP contribution in [0.5, 0.6) is 0 Å². The second kappa shape index (κ2) is 11.9. The molecule has 1 unspecified atom stereocenters. The largest absolute Gasteiger partial charge is 0.456 e. The molecule has 4 nitrogen and oxygen atoms in total. The molecule has 1 aliphatic heterocycles. The standard InChI is InChI=1S/C54H33N3O/c1-2-13-33(14-3-1)52-43-26-24-32-12-4-5-17-38(32)53(43)56-54(55-52)36-16-10-15-34(28-36)35-25-27-47-44(29-35)41-20-8-9-22-46(41)57(47)37-30-45-40-19-7-6-18-39(40)42-21-11-23-48-50(42)51(45)49(31-37)58-48/h1-31,52H,(H,55,56). The van der Waals surface area contributed by atoms with Gasteiger partial charge in [0.1, 0.15) is 17.0 Å². The number of hydrogen-bond donors (Lipinski definition) is 1. The van der Waals surface area contributed by atoms with Gasteiger partial charge in [-0.15, -0.1) is 0 Å². The molecule has 0 fully saturated rings. The Labute approximate surface area is 333 Å². The van der Waals surface area contributed by atoms with Gasteiger partial charge in [0.05, 0.1) is 28.5 Å². The number of rotatable bonds is 4. The smallest absolute Gasteiger partial charge is 0.138 e. The lowest BCUT2D eigenvalue weighted by molar-refractivity contribution is 0.669. The van der Waals surface area contributed by atoms with Crippen LogP contribution in [0, 0.1) is 0 Å². The van der Waals surface area contributed by atoms with E-state index >= 15 is 0 Å². The summed E-state index contributed by atoms with van der Waals surface area (Å²) >= 11 is 0.